The molecule has 1 unspecified atom stereocenters. The van der Waals surface area contributed by atoms with Gasteiger partial charge in [0.1, 0.15) is 12.1 Å². The van der Waals surface area contributed by atoms with E-state index in [4.69, 9.17) is 0 Å². The summed E-state index contributed by atoms with van der Waals surface area (Å²) in [5, 5.41) is 10.1. The van der Waals surface area contributed by atoms with Crippen molar-refractivity contribution in [3.8, 4) is 11.3 Å². The molecule has 1 aliphatic heterocycles. The summed E-state index contributed by atoms with van der Waals surface area (Å²) in [6, 6.07) is 0.433. The van der Waals surface area contributed by atoms with Crippen molar-refractivity contribution in [1.29, 1.82) is 0 Å². The van der Waals surface area contributed by atoms with Crippen LogP contribution < -0.4 is 5.32 Å². The molecule has 0 aliphatic carbocycles. The zero-order valence-corrected chi connectivity index (χ0v) is 8.36. The maximum Gasteiger partial charge on any atom is 0.133 e. The lowest BCUT2D eigenvalue weighted by Crippen LogP contribution is -2.08. The van der Waals surface area contributed by atoms with E-state index in [1.54, 1.807) is 12.5 Å². The van der Waals surface area contributed by atoms with Crippen LogP contribution in [0.1, 0.15) is 12.5 Å². The van der Waals surface area contributed by atoms with Gasteiger partial charge >= 0.3 is 0 Å². The SMILES string of the molecule is CC1Cc2c(ncnc2-c2cn[nH]c2)N1. The van der Waals surface area contributed by atoms with Gasteiger partial charge in [-0.3, -0.25) is 5.10 Å². The molecule has 0 saturated carbocycles. The van der Waals surface area contributed by atoms with E-state index < -0.39 is 0 Å². The van der Waals surface area contributed by atoms with Crippen molar-refractivity contribution in [2.45, 2.75) is 19.4 Å². The smallest absolute Gasteiger partial charge is 0.133 e. The Morgan fingerprint density at radius 2 is 2.33 bits per heavy atom. The van der Waals surface area contributed by atoms with Crippen molar-refractivity contribution in [3.05, 3.63) is 24.3 Å². The van der Waals surface area contributed by atoms with Gasteiger partial charge in [-0.25, -0.2) is 9.97 Å². The Bertz CT molecular complexity index is 477. The number of nitrogens with zero attached hydrogens (tertiary/aromatic N) is 3. The van der Waals surface area contributed by atoms with Gasteiger partial charge in [-0.05, 0) is 13.3 Å². The Balaban J connectivity index is 2.15. The van der Waals surface area contributed by atoms with Crippen LogP contribution in [0.5, 0.6) is 0 Å². The Hall–Kier alpha value is -1.91. The van der Waals surface area contributed by atoms with E-state index in [0.717, 1.165) is 23.5 Å². The van der Waals surface area contributed by atoms with Crippen LogP contribution in [0.15, 0.2) is 18.7 Å². The zero-order valence-electron chi connectivity index (χ0n) is 8.36. The van der Waals surface area contributed by atoms with E-state index in [1.807, 2.05) is 6.20 Å². The Morgan fingerprint density at radius 1 is 1.40 bits per heavy atom. The molecule has 0 aromatic carbocycles. The van der Waals surface area contributed by atoms with Crippen molar-refractivity contribution in [2.75, 3.05) is 5.32 Å². The second-order valence-electron chi connectivity index (χ2n) is 3.79. The van der Waals surface area contributed by atoms with E-state index in [9.17, 15) is 0 Å². The Kier molecular flexibility index (Phi) is 1.71. The van der Waals surface area contributed by atoms with Crippen LogP contribution in [0.2, 0.25) is 0 Å². The van der Waals surface area contributed by atoms with Crippen LogP contribution in [0.25, 0.3) is 11.3 Å². The molecule has 0 spiro atoms. The van der Waals surface area contributed by atoms with Crippen molar-refractivity contribution in [2.24, 2.45) is 0 Å². The summed E-state index contributed by atoms with van der Waals surface area (Å²) in [5.74, 6) is 0.953. The fourth-order valence-electron chi connectivity index (χ4n) is 1.95. The molecule has 0 radical (unpaired) electrons. The monoisotopic (exact) mass is 201 g/mol. The highest BCUT2D eigenvalue weighted by Crippen LogP contribution is 2.30. The van der Waals surface area contributed by atoms with E-state index in [-0.39, 0.29) is 0 Å². The first-order valence-electron chi connectivity index (χ1n) is 4.94. The summed E-state index contributed by atoms with van der Waals surface area (Å²) < 4.78 is 0. The van der Waals surface area contributed by atoms with Gasteiger partial charge < -0.3 is 5.32 Å². The zero-order chi connectivity index (χ0) is 10.3. The summed E-state index contributed by atoms with van der Waals surface area (Å²) >= 11 is 0. The molecule has 76 valence electrons. The maximum absolute atomic E-state index is 4.32. The third kappa shape index (κ3) is 1.27. The van der Waals surface area contributed by atoms with E-state index in [2.05, 4.69) is 32.4 Å². The highest BCUT2D eigenvalue weighted by atomic mass is 15.1. The van der Waals surface area contributed by atoms with Gasteiger partial charge in [-0.1, -0.05) is 0 Å². The van der Waals surface area contributed by atoms with Gasteiger partial charge in [0.25, 0.3) is 0 Å². The van der Waals surface area contributed by atoms with Crippen molar-refractivity contribution < 1.29 is 0 Å². The first kappa shape index (κ1) is 8.40. The molecule has 1 aliphatic rings. The van der Waals surface area contributed by atoms with Gasteiger partial charge in [-0.2, -0.15) is 5.10 Å². The third-order valence-electron chi connectivity index (χ3n) is 2.61. The predicted octanol–water partition coefficient (Wildman–Crippen LogP) is 1.22. The van der Waals surface area contributed by atoms with Crippen LogP contribution in [0.3, 0.4) is 0 Å². The molecule has 5 heteroatoms. The molecule has 3 rings (SSSR count). The average Bonchev–Trinajstić information content (AvgIpc) is 2.82. The van der Waals surface area contributed by atoms with Crippen LogP contribution in [-0.2, 0) is 6.42 Å². The average molecular weight is 201 g/mol. The van der Waals surface area contributed by atoms with Crippen LogP contribution in [0, 0.1) is 0 Å². The number of aromatic nitrogens is 4. The summed E-state index contributed by atoms with van der Waals surface area (Å²) in [7, 11) is 0. The molecule has 5 nitrogen and oxygen atoms in total. The van der Waals surface area contributed by atoms with Crippen LogP contribution >= 0.6 is 0 Å². The third-order valence-corrected chi connectivity index (χ3v) is 2.61. The largest absolute Gasteiger partial charge is 0.367 e. The lowest BCUT2D eigenvalue weighted by molar-refractivity contribution is 0.838. The van der Waals surface area contributed by atoms with Crippen molar-refractivity contribution in [3.63, 3.8) is 0 Å². The topological polar surface area (TPSA) is 66.5 Å². The van der Waals surface area contributed by atoms with Gasteiger partial charge in [0, 0.05) is 23.4 Å². The van der Waals surface area contributed by atoms with Gasteiger partial charge in [0.05, 0.1) is 11.9 Å². The predicted molar refractivity (Wildman–Crippen MR) is 56.4 cm³/mol. The molecule has 2 N–H and O–H groups in total. The molecule has 15 heavy (non-hydrogen) atoms. The molecular weight excluding hydrogens is 190 g/mol. The summed E-state index contributed by atoms with van der Waals surface area (Å²) in [5.41, 5.74) is 3.18. The quantitative estimate of drug-likeness (QED) is 0.728. The number of rotatable bonds is 1. The van der Waals surface area contributed by atoms with Crippen LogP contribution in [-0.4, -0.2) is 26.2 Å². The standard InChI is InChI=1S/C10H11N5/c1-6-2-8-9(7-3-13-14-4-7)11-5-12-10(8)15-6/h3-6H,2H2,1H3,(H,13,14)(H,11,12,15). The maximum atomic E-state index is 4.32. The molecule has 3 heterocycles. The fraction of sp³-hybridized carbons (Fsp3) is 0.300. The number of hydrogen-bond donors (Lipinski definition) is 2. The summed E-state index contributed by atoms with van der Waals surface area (Å²) in [6.07, 6.45) is 6.19. The second-order valence-corrected chi connectivity index (χ2v) is 3.79. The van der Waals surface area contributed by atoms with Crippen molar-refractivity contribution >= 4 is 5.82 Å². The molecule has 2 aromatic heterocycles. The van der Waals surface area contributed by atoms with Gasteiger partial charge in [0.15, 0.2) is 0 Å². The minimum atomic E-state index is 0.433. The summed E-state index contributed by atoms with van der Waals surface area (Å²) in [6.45, 7) is 2.14. The molecule has 2 aromatic rings. The van der Waals surface area contributed by atoms with E-state index >= 15 is 0 Å². The van der Waals surface area contributed by atoms with Gasteiger partial charge in [-0.15, -0.1) is 0 Å². The van der Waals surface area contributed by atoms with Crippen LogP contribution in [0.4, 0.5) is 5.82 Å². The highest BCUT2D eigenvalue weighted by Gasteiger charge is 2.22. The number of nitrogens with one attached hydrogen (secondary N) is 2. The van der Waals surface area contributed by atoms with Crippen molar-refractivity contribution in [1.82, 2.24) is 20.2 Å². The number of fused-ring (bicyclic) bond motifs is 1. The van der Waals surface area contributed by atoms with E-state index in [1.165, 1.54) is 5.56 Å². The number of aromatic amines is 1. The molecular formula is C10H11N5. The summed E-state index contributed by atoms with van der Waals surface area (Å²) in [4.78, 5) is 8.54. The first-order valence-corrected chi connectivity index (χ1v) is 4.94. The minimum absolute atomic E-state index is 0.433. The molecule has 0 amide bonds. The highest BCUT2D eigenvalue weighted by molar-refractivity contribution is 5.69. The van der Waals surface area contributed by atoms with Gasteiger partial charge in [0.2, 0.25) is 0 Å². The Morgan fingerprint density at radius 3 is 3.13 bits per heavy atom. The fourth-order valence-corrected chi connectivity index (χ4v) is 1.95. The normalized spacial score (nSPS) is 18.6. The molecule has 0 fully saturated rings. The molecule has 0 bridgehead atoms. The molecule has 0 saturated heterocycles. The number of H-pyrrole nitrogens is 1. The number of hydrogen-bond acceptors (Lipinski definition) is 4. The number of anilines is 1. The Labute approximate surface area is 87.0 Å². The minimum Gasteiger partial charge on any atom is -0.367 e. The first-order chi connectivity index (χ1) is 7.34. The van der Waals surface area contributed by atoms with E-state index in [0.29, 0.717) is 6.04 Å². The lowest BCUT2D eigenvalue weighted by atomic mass is 10.1. The molecule has 1 atom stereocenters. The second kappa shape index (κ2) is 3.05. The lowest BCUT2D eigenvalue weighted by Gasteiger charge is -2.02.